The van der Waals surface area contributed by atoms with Crippen molar-refractivity contribution >= 4 is 17.7 Å². The predicted molar refractivity (Wildman–Crippen MR) is 109 cm³/mol. The maximum atomic E-state index is 12.5. The second kappa shape index (κ2) is 10.0. The number of amides is 3. The van der Waals surface area contributed by atoms with E-state index in [9.17, 15) is 14.4 Å². The highest BCUT2D eigenvalue weighted by Crippen LogP contribution is 2.22. The monoisotopic (exact) mass is 413 g/mol. The second-order valence-corrected chi connectivity index (χ2v) is 7.41. The van der Waals surface area contributed by atoms with Crippen LogP contribution >= 0.6 is 0 Å². The Balaban J connectivity index is 1.46. The fourth-order valence-electron chi connectivity index (χ4n) is 3.12. The number of nitrogens with one attached hydrogen (secondary N) is 2. The average molecular weight is 413 g/mol. The van der Waals surface area contributed by atoms with Crippen LogP contribution in [0.5, 0.6) is 0 Å². The van der Waals surface area contributed by atoms with Crippen molar-refractivity contribution in [3.63, 3.8) is 0 Å². The Hall–Kier alpha value is -3.20. The molecule has 9 heteroatoms. The summed E-state index contributed by atoms with van der Waals surface area (Å²) in [7, 11) is 3.28. The van der Waals surface area contributed by atoms with E-state index >= 15 is 0 Å². The Morgan fingerprint density at radius 2 is 1.90 bits per heavy atom. The number of rotatable bonds is 10. The first-order valence-corrected chi connectivity index (χ1v) is 9.90. The van der Waals surface area contributed by atoms with Crippen molar-refractivity contribution in [2.75, 3.05) is 20.6 Å². The minimum atomic E-state index is -0.869. The first kappa shape index (κ1) is 21.5. The zero-order valence-corrected chi connectivity index (χ0v) is 17.2. The molecule has 3 atom stereocenters. The van der Waals surface area contributed by atoms with Crippen LogP contribution in [0.25, 0.3) is 0 Å². The Bertz CT molecular complexity index is 854. The summed E-state index contributed by atoms with van der Waals surface area (Å²) >= 11 is 0. The van der Waals surface area contributed by atoms with Gasteiger partial charge < -0.3 is 24.8 Å². The summed E-state index contributed by atoms with van der Waals surface area (Å²) in [5, 5.41) is 5.51. The summed E-state index contributed by atoms with van der Waals surface area (Å²) in [6, 6.07) is 8.72. The van der Waals surface area contributed by atoms with Gasteiger partial charge in [-0.1, -0.05) is 30.3 Å². The molecule has 9 nitrogen and oxygen atoms in total. The molecule has 0 bridgehead atoms. The van der Waals surface area contributed by atoms with Crippen molar-refractivity contribution in [2.45, 2.75) is 37.6 Å². The molecule has 0 spiro atoms. The predicted octanol–water partition coefficient (Wildman–Crippen LogP) is -0.0275. The lowest BCUT2D eigenvalue weighted by Crippen LogP contribution is -2.49. The molecule has 160 valence electrons. The largest absolute Gasteiger partial charge is 0.354 e. The minimum absolute atomic E-state index is 0.214. The number of likely N-dealkylation sites (N-methyl/N-ethyl adjacent to an activating group) is 1. The number of hydrogen-bond acceptors (Lipinski definition) is 5. The molecule has 1 fully saturated rings. The zero-order chi connectivity index (χ0) is 21.5. The molecule has 2 N–H and O–H groups in total. The van der Waals surface area contributed by atoms with Crippen LogP contribution in [0, 0.1) is 0 Å². The highest BCUT2D eigenvalue weighted by atomic mass is 16.6. The number of imidazole rings is 1. The van der Waals surface area contributed by atoms with Crippen LogP contribution in [0.3, 0.4) is 0 Å². The molecule has 1 aromatic heterocycles. The van der Waals surface area contributed by atoms with Crippen LogP contribution in [0.4, 0.5) is 0 Å². The van der Waals surface area contributed by atoms with Crippen LogP contribution in [0.1, 0.15) is 12.0 Å². The number of epoxide rings is 1. The Kier molecular flexibility index (Phi) is 7.18. The van der Waals surface area contributed by atoms with E-state index < -0.39 is 24.2 Å². The Morgan fingerprint density at radius 1 is 1.17 bits per heavy atom. The first-order chi connectivity index (χ1) is 14.5. The van der Waals surface area contributed by atoms with E-state index in [-0.39, 0.29) is 11.8 Å². The highest BCUT2D eigenvalue weighted by molar-refractivity contribution is 5.97. The Morgan fingerprint density at radius 3 is 2.57 bits per heavy atom. The number of aromatic nitrogens is 2. The Labute approximate surface area is 175 Å². The lowest BCUT2D eigenvalue weighted by atomic mass is 10.0. The summed E-state index contributed by atoms with van der Waals surface area (Å²) in [5.74, 6) is -0.989. The van der Waals surface area contributed by atoms with E-state index in [4.69, 9.17) is 4.74 Å². The minimum Gasteiger partial charge on any atom is -0.354 e. The summed E-state index contributed by atoms with van der Waals surface area (Å²) < 4.78 is 7.19. The van der Waals surface area contributed by atoms with Crippen molar-refractivity contribution in [1.82, 2.24) is 25.1 Å². The van der Waals surface area contributed by atoms with E-state index in [1.165, 1.54) is 4.90 Å². The van der Waals surface area contributed by atoms with Gasteiger partial charge >= 0.3 is 0 Å². The number of ether oxygens (including phenoxy) is 1. The van der Waals surface area contributed by atoms with Gasteiger partial charge in [-0.05, 0) is 12.0 Å². The van der Waals surface area contributed by atoms with Crippen molar-refractivity contribution in [3.8, 4) is 0 Å². The smallest absolute Gasteiger partial charge is 0.253 e. The highest BCUT2D eigenvalue weighted by Gasteiger charge is 2.50. The molecule has 0 saturated carbocycles. The topological polar surface area (TPSA) is 109 Å². The van der Waals surface area contributed by atoms with Gasteiger partial charge in [0, 0.05) is 46.0 Å². The van der Waals surface area contributed by atoms with Crippen LogP contribution in [-0.4, -0.2) is 71.1 Å². The summed E-state index contributed by atoms with van der Waals surface area (Å²) in [6.07, 6.45) is 4.69. The number of nitrogens with zero attached hydrogens (tertiary/aromatic N) is 3. The van der Waals surface area contributed by atoms with E-state index in [0.717, 1.165) is 18.5 Å². The zero-order valence-electron chi connectivity index (χ0n) is 17.2. The number of carbonyl (C=O) groups excluding carboxylic acids is 3. The van der Waals surface area contributed by atoms with Gasteiger partial charge in [0.15, 0.2) is 12.2 Å². The quantitative estimate of drug-likeness (QED) is 0.420. The van der Waals surface area contributed by atoms with Crippen LogP contribution in [0.15, 0.2) is 49.1 Å². The molecule has 1 aromatic carbocycles. The van der Waals surface area contributed by atoms with Crippen molar-refractivity contribution in [1.29, 1.82) is 0 Å². The third kappa shape index (κ3) is 5.90. The summed E-state index contributed by atoms with van der Waals surface area (Å²) in [6.45, 7) is 1.21. The number of carbonyl (C=O) groups is 3. The molecular weight excluding hydrogens is 386 g/mol. The molecule has 2 aromatic rings. The molecule has 1 aliphatic rings. The fourth-order valence-corrected chi connectivity index (χ4v) is 3.12. The van der Waals surface area contributed by atoms with Gasteiger partial charge in [0.1, 0.15) is 6.04 Å². The molecule has 0 aliphatic carbocycles. The molecule has 3 rings (SSSR count). The van der Waals surface area contributed by atoms with Crippen LogP contribution in [0.2, 0.25) is 0 Å². The SMILES string of the molecule is CN(C)C(=O)[C@H](Cc1ccccc1)NC(=O)[C@H]1O[C@@H]1C(=O)NCCCn1ccnc1. The van der Waals surface area contributed by atoms with Crippen molar-refractivity contribution in [3.05, 3.63) is 54.6 Å². The van der Waals surface area contributed by atoms with Crippen molar-refractivity contribution in [2.24, 2.45) is 0 Å². The first-order valence-electron chi connectivity index (χ1n) is 9.90. The maximum Gasteiger partial charge on any atom is 0.253 e. The van der Waals surface area contributed by atoms with Gasteiger partial charge in [-0.3, -0.25) is 14.4 Å². The molecule has 30 heavy (non-hydrogen) atoms. The van der Waals surface area contributed by atoms with Gasteiger partial charge in [0.05, 0.1) is 6.33 Å². The number of hydrogen-bond donors (Lipinski definition) is 2. The van der Waals surface area contributed by atoms with Gasteiger partial charge in [0.25, 0.3) is 11.8 Å². The molecule has 2 heterocycles. The van der Waals surface area contributed by atoms with Crippen LogP contribution < -0.4 is 10.6 Å². The molecule has 0 unspecified atom stereocenters. The molecule has 3 amide bonds. The van der Waals surface area contributed by atoms with Gasteiger partial charge in [-0.25, -0.2) is 4.98 Å². The summed E-state index contributed by atoms with van der Waals surface area (Å²) in [5.41, 5.74) is 0.932. The molecular formula is C21H27N5O4. The summed E-state index contributed by atoms with van der Waals surface area (Å²) in [4.78, 5) is 42.6. The van der Waals surface area contributed by atoms with E-state index in [0.29, 0.717) is 13.0 Å². The fraction of sp³-hybridized carbons (Fsp3) is 0.429. The van der Waals surface area contributed by atoms with Gasteiger partial charge in [-0.2, -0.15) is 0 Å². The average Bonchev–Trinajstić information content (AvgIpc) is 3.38. The standard InChI is InChI=1S/C21H27N5O4/c1-25(2)21(29)16(13-15-7-4-3-5-8-15)24-20(28)18-17(30-18)19(27)23-9-6-11-26-12-10-22-14-26/h3-5,7-8,10,12,14,16-18H,6,9,11,13H2,1-2H3,(H,23,27)(H,24,28)/t16-,17-,18-/m0/s1. The van der Waals surface area contributed by atoms with E-state index in [1.54, 1.807) is 26.6 Å². The third-order valence-electron chi connectivity index (χ3n) is 4.80. The van der Waals surface area contributed by atoms with Gasteiger partial charge in [-0.15, -0.1) is 0 Å². The van der Waals surface area contributed by atoms with E-state index in [2.05, 4.69) is 15.6 Å². The lowest BCUT2D eigenvalue weighted by Gasteiger charge is -2.21. The third-order valence-corrected chi connectivity index (χ3v) is 4.80. The lowest BCUT2D eigenvalue weighted by molar-refractivity contribution is -0.134. The number of aryl methyl sites for hydroxylation is 1. The molecule has 1 saturated heterocycles. The van der Waals surface area contributed by atoms with Crippen molar-refractivity contribution < 1.29 is 19.1 Å². The second-order valence-electron chi connectivity index (χ2n) is 7.41. The normalized spacial score (nSPS) is 18.3. The molecule has 1 aliphatic heterocycles. The number of benzene rings is 1. The van der Waals surface area contributed by atoms with E-state index in [1.807, 2.05) is 41.1 Å². The maximum absolute atomic E-state index is 12.5. The van der Waals surface area contributed by atoms with Crippen LogP contribution in [-0.2, 0) is 32.1 Å². The molecule has 0 radical (unpaired) electrons. The van der Waals surface area contributed by atoms with Gasteiger partial charge in [0.2, 0.25) is 5.91 Å².